The number of esters is 1. The van der Waals surface area contributed by atoms with Gasteiger partial charge in [-0.25, -0.2) is 4.79 Å². The van der Waals surface area contributed by atoms with Gasteiger partial charge in [0.05, 0.1) is 23.9 Å². The molecule has 0 bridgehead atoms. The number of methoxy groups -OCH3 is 1. The molecule has 0 spiro atoms. The van der Waals surface area contributed by atoms with Gasteiger partial charge in [-0.1, -0.05) is 30.3 Å². The highest BCUT2D eigenvalue weighted by Gasteiger charge is 2.48. The predicted octanol–water partition coefficient (Wildman–Crippen LogP) is 2.12. The average Bonchev–Trinajstić information content (AvgIpc) is 2.93. The van der Waals surface area contributed by atoms with E-state index >= 15 is 0 Å². The lowest BCUT2D eigenvalue weighted by molar-refractivity contribution is -0.144. The van der Waals surface area contributed by atoms with Crippen molar-refractivity contribution in [1.82, 2.24) is 4.90 Å². The van der Waals surface area contributed by atoms with Gasteiger partial charge < -0.3 is 4.74 Å². The van der Waals surface area contributed by atoms with Gasteiger partial charge in [-0.05, 0) is 48.9 Å². The van der Waals surface area contributed by atoms with E-state index in [1.165, 1.54) is 12.0 Å². The van der Waals surface area contributed by atoms with Crippen LogP contribution in [0.4, 0.5) is 5.69 Å². The molecule has 2 atom stereocenters. The van der Waals surface area contributed by atoms with Crippen molar-refractivity contribution in [1.29, 1.82) is 0 Å². The van der Waals surface area contributed by atoms with Crippen LogP contribution in [-0.4, -0.2) is 47.8 Å². The molecule has 2 aromatic carbocycles. The third kappa shape index (κ3) is 2.51. The van der Waals surface area contributed by atoms with Crippen molar-refractivity contribution in [2.45, 2.75) is 37.8 Å². The number of imide groups is 1. The van der Waals surface area contributed by atoms with Crippen LogP contribution < -0.4 is 4.90 Å². The van der Waals surface area contributed by atoms with Gasteiger partial charge in [0.1, 0.15) is 12.1 Å². The predicted molar refractivity (Wildman–Crippen MR) is 107 cm³/mol. The van der Waals surface area contributed by atoms with Crippen LogP contribution in [0.25, 0.3) is 0 Å². The van der Waals surface area contributed by atoms with E-state index in [1.54, 1.807) is 24.3 Å². The highest BCUT2D eigenvalue weighted by atomic mass is 16.5. The summed E-state index contributed by atoms with van der Waals surface area (Å²) in [5.74, 6) is -1.84. The van der Waals surface area contributed by atoms with Gasteiger partial charge in [-0.3, -0.25) is 24.2 Å². The molecule has 0 radical (unpaired) electrons. The Balaban J connectivity index is 1.60. The maximum absolute atomic E-state index is 13.8. The molecule has 0 aromatic heterocycles. The number of amides is 3. The number of carbonyl (C=O) groups is 4. The summed E-state index contributed by atoms with van der Waals surface area (Å²) < 4.78 is 4.96. The van der Waals surface area contributed by atoms with Crippen LogP contribution in [0.15, 0.2) is 42.5 Å². The fourth-order valence-electron chi connectivity index (χ4n) is 4.86. The summed E-state index contributed by atoms with van der Waals surface area (Å²) in [6.07, 6.45) is 1.93. The zero-order valence-electron chi connectivity index (χ0n) is 16.5. The Morgan fingerprint density at radius 2 is 1.47 bits per heavy atom. The van der Waals surface area contributed by atoms with Crippen molar-refractivity contribution in [2.75, 3.05) is 12.0 Å². The summed E-state index contributed by atoms with van der Waals surface area (Å²) in [6.45, 7) is 0. The van der Waals surface area contributed by atoms with Gasteiger partial charge >= 0.3 is 5.97 Å². The van der Waals surface area contributed by atoms with Crippen LogP contribution in [0.2, 0.25) is 0 Å². The van der Waals surface area contributed by atoms with E-state index in [4.69, 9.17) is 4.74 Å². The van der Waals surface area contributed by atoms with Crippen LogP contribution in [0.1, 0.15) is 44.7 Å². The summed E-state index contributed by atoms with van der Waals surface area (Å²) >= 11 is 0. The van der Waals surface area contributed by atoms with Crippen LogP contribution in [0.3, 0.4) is 0 Å². The maximum Gasteiger partial charge on any atom is 0.328 e. The third-order valence-electron chi connectivity index (χ3n) is 6.26. The SMILES string of the molecule is COC(=O)[C@H]1CCc2cccc3c2N1C(=O)[C@H](N1C(=O)c2ccccc2C1=O)CC3. The standard InChI is InChI=1S/C23H20N2O5/c1-30-23(29)18-12-10-14-6-4-5-13-9-11-17(22(28)24(18)19(13)14)25-20(26)15-7-2-3-8-16(15)21(25)27/h2-8,17-18H,9-12H2,1H3/t17-,18-/m1/s1. The molecule has 0 saturated carbocycles. The second-order valence-corrected chi connectivity index (χ2v) is 7.79. The first-order chi connectivity index (χ1) is 14.5. The Morgan fingerprint density at radius 1 is 0.867 bits per heavy atom. The van der Waals surface area contributed by atoms with Gasteiger partial charge in [0.25, 0.3) is 17.7 Å². The van der Waals surface area contributed by atoms with Crippen molar-refractivity contribution in [3.63, 3.8) is 0 Å². The molecule has 5 rings (SSSR count). The first kappa shape index (κ1) is 18.5. The van der Waals surface area contributed by atoms with Crippen LogP contribution in [0.5, 0.6) is 0 Å². The lowest BCUT2D eigenvalue weighted by atomic mass is 9.92. The summed E-state index contributed by atoms with van der Waals surface area (Å²) in [7, 11) is 1.30. The van der Waals surface area contributed by atoms with E-state index in [1.807, 2.05) is 18.2 Å². The number of ether oxygens (including phenoxy) is 1. The van der Waals surface area contributed by atoms with E-state index < -0.39 is 35.8 Å². The van der Waals surface area contributed by atoms with Crippen molar-refractivity contribution in [3.05, 3.63) is 64.7 Å². The number of anilines is 1. The lowest BCUT2D eigenvalue weighted by Crippen LogP contribution is -2.56. The molecule has 3 aliphatic heterocycles. The third-order valence-corrected chi connectivity index (χ3v) is 6.26. The fraction of sp³-hybridized carbons (Fsp3) is 0.304. The Bertz CT molecular complexity index is 1070. The number of fused-ring (bicyclic) bond motifs is 1. The number of hydrogen-bond acceptors (Lipinski definition) is 5. The second kappa shape index (κ2) is 6.79. The molecule has 0 aliphatic carbocycles. The van der Waals surface area contributed by atoms with E-state index in [2.05, 4.69) is 0 Å². The number of aryl methyl sites for hydroxylation is 2. The highest BCUT2D eigenvalue weighted by Crippen LogP contribution is 2.39. The number of carbonyl (C=O) groups excluding carboxylic acids is 4. The smallest absolute Gasteiger partial charge is 0.328 e. The summed E-state index contributed by atoms with van der Waals surface area (Å²) in [4.78, 5) is 54.9. The molecule has 3 amide bonds. The van der Waals surface area contributed by atoms with Crippen molar-refractivity contribution in [2.24, 2.45) is 0 Å². The van der Waals surface area contributed by atoms with Gasteiger partial charge in [0.2, 0.25) is 0 Å². The second-order valence-electron chi connectivity index (χ2n) is 7.79. The minimum absolute atomic E-state index is 0.306. The molecule has 152 valence electrons. The molecule has 7 heteroatoms. The molecule has 0 N–H and O–H groups in total. The molecule has 7 nitrogen and oxygen atoms in total. The summed E-state index contributed by atoms with van der Waals surface area (Å²) in [5.41, 5.74) is 3.27. The average molecular weight is 404 g/mol. The fourth-order valence-corrected chi connectivity index (χ4v) is 4.86. The molecule has 3 aliphatic rings. The van der Waals surface area contributed by atoms with E-state index in [0.717, 1.165) is 21.7 Å². The topological polar surface area (TPSA) is 84.0 Å². The van der Waals surface area contributed by atoms with E-state index in [9.17, 15) is 19.2 Å². The van der Waals surface area contributed by atoms with Crippen molar-refractivity contribution >= 4 is 29.4 Å². The van der Waals surface area contributed by atoms with Crippen LogP contribution in [0, 0.1) is 0 Å². The van der Waals surface area contributed by atoms with E-state index in [-0.39, 0.29) is 0 Å². The minimum atomic E-state index is -0.970. The van der Waals surface area contributed by atoms with Crippen molar-refractivity contribution < 1.29 is 23.9 Å². The number of para-hydroxylation sites is 1. The highest BCUT2D eigenvalue weighted by molar-refractivity contribution is 6.23. The first-order valence-corrected chi connectivity index (χ1v) is 10.0. The van der Waals surface area contributed by atoms with Gasteiger partial charge in [0, 0.05) is 0 Å². The van der Waals surface area contributed by atoms with Crippen LogP contribution in [-0.2, 0) is 27.2 Å². The number of benzene rings is 2. The largest absolute Gasteiger partial charge is 0.467 e. The molecule has 0 unspecified atom stereocenters. The Kier molecular flexibility index (Phi) is 4.20. The number of rotatable bonds is 2. The molecule has 0 fully saturated rings. The van der Waals surface area contributed by atoms with Crippen molar-refractivity contribution in [3.8, 4) is 0 Å². The van der Waals surface area contributed by atoms with Gasteiger partial charge in [0.15, 0.2) is 0 Å². The molecular formula is C23H20N2O5. The molecule has 2 aromatic rings. The van der Waals surface area contributed by atoms with E-state index in [0.29, 0.717) is 36.8 Å². The van der Waals surface area contributed by atoms with Gasteiger partial charge in [-0.2, -0.15) is 0 Å². The zero-order chi connectivity index (χ0) is 21.0. The molecule has 3 heterocycles. The minimum Gasteiger partial charge on any atom is -0.467 e. The quantitative estimate of drug-likeness (QED) is 0.566. The molecular weight excluding hydrogens is 384 g/mol. The maximum atomic E-state index is 13.8. The van der Waals surface area contributed by atoms with Crippen LogP contribution >= 0.6 is 0 Å². The molecule has 30 heavy (non-hydrogen) atoms. The monoisotopic (exact) mass is 404 g/mol. The molecule has 0 saturated heterocycles. The van der Waals surface area contributed by atoms with Gasteiger partial charge in [-0.15, -0.1) is 0 Å². The Labute approximate surface area is 173 Å². The summed E-state index contributed by atoms with van der Waals surface area (Å²) in [6, 6.07) is 10.7. The zero-order valence-corrected chi connectivity index (χ0v) is 16.5. The normalized spacial score (nSPS) is 22.5. The Hall–Kier alpha value is -3.48. The lowest BCUT2D eigenvalue weighted by Gasteiger charge is -2.38. The first-order valence-electron chi connectivity index (χ1n) is 10.0. The number of hydrogen-bond donors (Lipinski definition) is 0. The Morgan fingerprint density at radius 3 is 2.07 bits per heavy atom. The number of nitrogens with zero attached hydrogens (tertiary/aromatic N) is 2. The summed E-state index contributed by atoms with van der Waals surface area (Å²) in [5, 5.41) is 0.